The Morgan fingerprint density at radius 2 is 2.33 bits per heavy atom. The van der Waals surface area contributed by atoms with Crippen molar-refractivity contribution in [1.82, 2.24) is 15.1 Å². The first-order valence-corrected chi connectivity index (χ1v) is 4.42. The molecule has 0 amide bonds. The summed E-state index contributed by atoms with van der Waals surface area (Å²) < 4.78 is 1.99. The molecule has 0 aliphatic rings. The van der Waals surface area contributed by atoms with E-state index >= 15 is 0 Å². The van der Waals surface area contributed by atoms with Crippen molar-refractivity contribution in [2.24, 2.45) is 0 Å². The van der Waals surface area contributed by atoms with Crippen molar-refractivity contribution in [2.45, 2.75) is 26.3 Å². The molecule has 1 heterocycles. The molecule has 1 N–H and O–H groups in total. The summed E-state index contributed by atoms with van der Waals surface area (Å²) >= 11 is 0. The average Bonchev–Trinajstić information content (AvgIpc) is 2.48. The molecule has 0 aromatic carbocycles. The first-order valence-electron chi connectivity index (χ1n) is 4.42. The number of nitrogens with zero attached hydrogens (tertiary/aromatic N) is 2. The standard InChI is InChI=1S/C9H17N3/c1-8(2)12-7-5-9(11-12)4-6-10-3/h5,7-8,10H,4,6H2,1-3H3. The molecule has 3 nitrogen and oxygen atoms in total. The van der Waals surface area contributed by atoms with Crippen molar-refractivity contribution in [3.05, 3.63) is 18.0 Å². The number of likely N-dealkylation sites (N-methyl/N-ethyl adjacent to an activating group) is 1. The summed E-state index contributed by atoms with van der Waals surface area (Å²) in [5.74, 6) is 0. The molecule has 0 saturated heterocycles. The second-order valence-electron chi connectivity index (χ2n) is 3.23. The van der Waals surface area contributed by atoms with Crippen molar-refractivity contribution < 1.29 is 0 Å². The van der Waals surface area contributed by atoms with Gasteiger partial charge < -0.3 is 5.32 Å². The van der Waals surface area contributed by atoms with Gasteiger partial charge in [-0.1, -0.05) is 0 Å². The zero-order chi connectivity index (χ0) is 8.97. The second-order valence-corrected chi connectivity index (χ2v) is 3.23. The van der Waals surface area contributed by atoms with Crippen LogP contribution in [0.3, 0.4) is 0 Å². The molecule has 0 aliphatic heterocycles. The van der Waals surface area contributed by atoms with Gasteiger partial charge in [-0.15, -0.1) is 0 Å². The molecular formula is C9H17N3. The topological polar surface area (TPSA) is 29.9 Å². The summed E-state index contributed by atoms with van der Waals surface area (Å²) in [4.78, 5) is 0. The summed E-state index contributed by atoms with van der Waals surface area (Å²) in [5.41, 5.74) is 1.16. The van der Waals surface area contributed by atoms with Crippen LogP contribution in [-0.2, 0) is 6.42 Å². The quantitative estimate of drug-likeness (QED) is 0.731. The molecule has 0 atom stereocenters. The van der Waals surface area contributed by atoms with Crippen LogP contribution in [0.25, 0.3) is 0 Å². The van der Waals surface area contributed by atoms with Gasteiger partial charge in [0.05, 0.1) is 5.69 Å². The normalized spacial score (nSPS) is 11.0. The van der Waals surface area contributed by atoms with Crippen LogP contribution in [0.2, 0.25) is 0 Å². The lowest BCUT2D eigenvalue weighted by atomic mass is 10.3. The van der Waals surface area contributed by atoms with Gasteiger partial charge in [0.15, 0.2) is 0 Å². The monoisotopic (exact) mass is 167 g/mol. The van der Waals surface area contributed by atoms with E-state index in [2.05, 4.69) is 30.3 Å². The second kappa shape index (κ2) is 4.26. The lowest BCUT2D eigenvalue weighted by Crippen LogP contribution is -2.11. The van der Waals surface area contributed by atoms with Gasteiger partial charge in [0, 0.05) is 25.2 Å². The molecule has 0 saturated carbocycles. The predicted molar refractivity (Wildman–Crippen MR) is 50.2 cm³/mol. The van der Waals surface area contributed by atoms with Crippen molar-refractivity contribution in [3.8, 4) is 0 Å². The Morgan fingerprint density at radius 3 is 2.83 bits per heavy atom. The molecule has 0 unspecified atom stereocenters. The van der Waals surface area contributed by atoms with Gasteiger partial charge in [0.25, 0.3) is 0 Å². The summed E-state index contributed by atoms with van der Waals surface area (Å²) in [7, 11) is 1.96. The molecule has 3 heteroatoms. The third kappa shape index (κ3) is 2.34. The first kappa shape index (κ1) is 9.26. The van der Waals surface area contributed by atoms with Gasteiger partial charge in [0.2, 0.25) is 0 Å². The molecule has 1 aromatic heterocycles. The van der Waals surface area contributed by atoms with Crippen molar-refractivity contribution in [3.63, 3.8) is 0 Å². The molecular weight excluding hydrogens is 150 g/mol. The van der Waals surface area contributed by atoms with Crippen LogP contribution >= 0.6 is 0 Å². The van der Waals surface area contributed by atoms with E-state index in [9.17, 15) is 0 Å². The van der Waals surface area contributed by atoms with Crippen LogP contribution in [0.15, 0.2) is 12.3 Å². The number of hydrogen-bond acceptors (Lipinski definition) is 2. The molecule has 12 heavy (non-hydrogen) atoms. The van der Waals surface area contributed by atoms with Crippen LogP contribution in [0.4, 0.5) is 0 Å². The first-order chi connectivity index (χ1) is 5.74. The lowest BCUT2D eigenvalue weighted by molar-refractivity contribution is 0.525. The Hall–Kier alpha value is -0.830. The zero-order valence-corrected chi connectivity index (χ0v) is 8.04. The van der Waals surface area contributed by atoms with Crippen molar-refractivity contribution in [1.29, 1.82) is 0 Å². The molecule has 0 spiro atoms. The third-order valence-corrected chi connectivity index (χ3v) is 1.82. The maximum Gasteiger partial charge on any atom is 0.0637 e. The van der Waals surface area contributed by atoms with Gasteiger partial charge in [-0.2, -0.15) is 5.10 Å². The largest absolute Gasteiger partial charge is 0.319 e. The lowest BCUT2D eigenvalue weighted by Gasteiger charge is -2.03. The Balaban J connectivity index is 2.52. The fourth-order valence-electron chi connectivity index (χ4n) is 1.05. The summed E-state index contributed by atoms with van der Waals surface area (Å²) in [6.07, 6.45) is 3.05. The smallest absolute Gasteiger partial charge is 0.0637 e. The van der Waals surface area contributed by atoms with Crippen LogP contribution < -0.4 is 5.32 Å². The summed E-state index contributed by atoms with van der Waals surface area (Å²) in [6, 6.07) is 2.55. The average molecular weight is 167 g/mol. The highest BCUT2D eigenvalue weighted by Gasteiger charge is 2.00. The van der Waals surface area contributed by atoms with Gasteiger partial charge in [0.1, 0.15) is 0 Å². The van der Waals surface area contributed by atoms with Gasteiger partial charge >= 0.3 is 0 Å². The van der Waals surface area contributed by atoms with E-state index < -0.39 is 0 Å². The van der Waals surface area contributed by atoms with E-state index in [1.54, 1.807) is 0 Å². The van der Waals surface area contributed by atoms with E-state index in [-0.39, 0.29) is 0 Å². The highest BCUT2D eigenvalue weighted by molar-refractivity contribution is 4.99. The van der Waals surface area contributed by atoms with E-state index in [1.165, 1.54) is 0 Å². The number of hydrogen-bond donors (Lipinski definition) is 1. The van der Waals surface area contributed by atoms with Crippen LogP contribution in [0.5, 0.6) is 0 Å². The minimum absolute atomic E-state index is 0.466. The molecule has 68 valence electrons. The minimum atomic E-state index is 0.466. The highest BCUT2D eigenvalue weighted by Crippen LogP contribution is 2.03. The fraction of sp³-hybridized carbons (Fsp3) is 0.667. The van der Waals surface area contributed by atoms with Gasteiger partial charge in [-0.3, -0.25) is 4.68 Å². The molecule has 0 aliphatic carbocycles. The fourth-order valence-corrected chi connectivity index (χ4v) is 1.05. The van der Waals surface area contributed by atoms with Crippen molar-refractivity contribution in [2.75, 3.05) is 13.6 Å². The molecule has 1 rings (SSSR count). The van der Waals surface area contributed by atoms with Gasteiger partial charge in [-0.05, 0) is 27.0 Å². The van der Waals surface area contributed by atoms with Crippen LogP contribution in [0, 0.1) is 0 Å². The third-order valence-electron chi connectivity index (χ3n) is 1.82. The maximum absolute atomic E-state index is 4.42. The summed E-state index contributed by atoms with van der Waals surface area (Å²) in [5, 5.41) is 7.53. The van der Waals surface area contributed by atoms with Crippen LogP contribution in [-0.4, -0.2) is 23.4 Å². The number of aromatic nitrogens is 2. The van der Waals surface area contributed by atoms with E-state index in [4.69, 9.17) is 0 Å². The Kier molecular flexibility index (Phi) is 3.29. The van der Waals surface area contributed by atoms with Crippen LogP contribution in [0.1, 0.15) is 25.6 Å². The van der Waals surface area contributed by atoms with Crippen molar-refractivity contribution >= 4 is 0 Å². The van der Waals surface area contributed by atoms with E-state index in [1.807, 2.05) is 17.9 Å². The number of rotatable bonds is 4. The Labute approximate surface area is 73.8 Å². The van der Waals surface area contributed by atoms with E-state index in [0.717, 1.165) is 18.7 Å². The SMILES string of the molecule is CNCCc1ccn(C(C)C)n1. The Bertz CT molecular complexity index is 227. The number of nitrogens with one attached hydrogen (secondary N) is 1. The highest BCUT2D eigenvalue weighted by atomic mass is 15.3. The zero-order valence-electron chi connectivity index (χ0n) is 8.04. The van der Waals surface area contributed by atoms with E-state index in [0.29, 0.717) is 6.04 Å². The van der Waals surface area contributed by atoms with Gasteiger partial charge in [-0.25, -0.2) is 0 Å². The Morgan fingerprint density at radius 1 is 1.58 bits per heavy atom. The molecule has 1 aromatic rings. The summed E-state index contributed by atoms with van der Waals surface area (Å²) in [6.45, 7) is 5.26. The molecule has 0 fully saturated rings. The predicted octanol–water partition coefficient (Wildman–Crippen LogP) is 1.23. The molecule has 0 bridgehead atoms. The molecule has 0 radical (unpaired) electrons. The maximum atomic E-state index is 4.42. The minimum Gasteiger partial charge on any atom is -0.319 e.